The van der Waals surface area contributed by atoms with Crippen molar-refractivity contribution in [3.05, 3.63) is 79.1 Å². The van der Waals surface area contributed by atoms with Gasteiger partial charge in [0.25, 0.3) is 0 Å². The second-order valence-corrected chi connectivity index (χ2v) is 4.69. The number of rotatable bonds is 3. The quantitative estimate of drug-likeness (QED) is 0.481. The number of hydrogen-bond donors (Lipinski definition) is 0. The van der Waals surface area contributed by atoms with Gasteiger partial charge in [-0.3, -0.25) is 0 Å². The molecule has 0 amide bonds. The third-order valence-electron chi connectivity index (χ3n) is 3.15. The predicted molar refractivity (Wildman–Crippen MR) is 79.6 cm³/mol. The molecule has 106 valence electrons. The van der Waals surface area contributed by atoms with Crippen LogP contribution in [-0.2, 0) is 7.05 Å². The molecule has 0 radical (unpaired) electrons. The van der Waals surface area contributed by atoms with Crippen LogP contribution in [0.1, 0.15) is 0 Å². The molecule has 1 aromatic heterocycles. The predicted octanol–water partition coefficient (Wildman–Crippen LogP) is 0.974. The highest BCUT2D eigenvalue weighted by molar-refractivity contribution is 5.63. The largest absolute Gasteiger partial charge is 1.00 e. The van der Waals surface area contributed by atoms with E-state index in [1.807, 2.05) is 66.5 Å². The molecule has 0 atom stereocenters. The first-order valence-electron chi connectivity index (χ1n) is 6.60. The number of hydrogen-bond acceptors (Lipinski definition) is 1. The van der Waals surface area contributed by atoms with Gasteiger partial charge in [0.2, 0.25) is 0 Å². The number of ether oxygens (including phenoxy) is 1. The van der Waals surface area contributed by atoms with Crippen LogP contribution in [0.25, 0.3) is 11.1 Å². The van der Waals surface area contributed by atoms with Crippen LogP contribution in [-0.4, -0.2) is 0 Å². The molecule has 0 aliphatic heterocycles. The molecule has 0 aliphatic rings. The van der Waals surface area contributed by atoms with E-state index in [0.717, 1.165) is 11.5 Å². The van der Waals surface area contributed by atoms with Gasteiger partial charge in [-0.15, -0.1) is 0 Å². The molecule has 0 spiro atoms. The van der Waals surface area contributed by atoms with Crippen LogP contribution >= 0.6 is 0 Å². The summed E-state index contributed by atoms with van der Waals surface area (Å²) in [6, 6.07) is 22.2. The van der Waals surface area contributed by atoms with Crippen LogP contribution in [0.2, 0.25) is 0 Å². The average Bonchev–Trinajstić information content (AvgIpc) is 2.50. The van der Waals surface area contributed by atoms with Crippen LogP contribution in [0.4, 0.5) is 0 Å². The minimum absolute atomic E-state index is 0. The maximum absolute atomic E-state index is 5.78. The lowest BCUT2D eigenvalue weighted by atomic mass is 10.1. The van der Waals surface area contributed by atoms with Gasteiger partial charge in [0.05, 0.1) is 0 Å². The Morgan fingerprint density at radius 2 is 1.19 bits per heavy atom. The molecule has 0 N–H and O–H groups in total. The van der Waals surface area contributed by atoms with E-state index in [1.54, 1.807) is 0 Å². The van der Waals surface area contributed by atoms with Gasteiger partial charge >= 0.3 is 0 Å². The molecule has 21 heavy (non-hydrogen) atoms. The van der Waals surface area contributed by atoms with E-state index in [0.29, 0.717) is 0 Å². The molecule has 3 aromatic rings. The van der Waals surface area contributed by atoms with Gasteiger partial charge in [0.1, 0.15) is 18.5 Å². The summed E-state index contributed by atoms with van der Waals surface area (Å²) in [5, 5.41) is 0. The molecular weight excluding hydrogens is 373 g/mol. The van der Waals surface area contributed by atoms with Crippen LogP contribution in [0.5, 0.6) is 11.5 Å². The SMILES string of the molecule is C[n+]1ccc(-c2ccc(Oc3ccccc3)cc2)cc1.[I-]. The van der Waals surface area contributed by atoms with E-state index < -0.39 is 0 Å². The van der Waals surface area contributed by atoms with Gasteiger partial charge in [-0.25, -0.2) is 4.57 Å². The summed E-state index contributed by atoms with van der Waals surface area (Å²) in [4.78, 5) is 0. The van der Waals surface area contributed by atoms with Gasteiger partial charge < -0.3 is 28.7 Å². The molecule has 0 fully saturated rings. The summed E-state index contributed by atoms with van der Waals surface area (Å²) < 4.78 is 7.81. The lowest BCUT2D eigenvalue weighted by Gasteiger charge is -2.06. The van der Waals surface area contributed by atoms with Crippen molar-refractivity contribution in [2.75, 3.05) is 0 Å². The van der Waals surface area contributed by atoms with Gasteiger partial charge in [-0.05, 0) is 35.4 Å². The summed E-state index contributed by atoms with van der Waals surface area (Å²) in [5.41, 5.74) is 2.39. The molecule has 1 heterocycles. The van der Waals surface area contributed by atoms with Crippen molar-refractivity contribution in [2.45, 2.75) is 0 Å². The molecule has 0 aliphatic carbocycles. The first kappa shape index (κ1) is 15.5. The van der Waals surface area contributed by atoms with Crippen LogP contribution < -0.4 is 33.3 Å². The zero-order chi connectivity index (χ0) is 13.8. The molecule has 0 unspecified atom stereocenters. The Morgan fingerprint density at radius 1 is 0.667 bits per heavy atom. The Morgan fingerprint density at radius 3 is 1.81 bits per heavy atom. The number of para-hydroxylation sites is 1. The summed E-state index contributed by atoms with van der Waals surface area (Å²) in [7, 11) is 2.01. The Kier molecular flexibility index (Phi) is 5.33. The molecule has 0 bridgehead atoms. The third-order valence-corrected chi connectivity index (χ3v) is 3.15. The van der Waals surface area contributed by atoms with E-state index in [1.165, 1.54) is 11.1 Å². The van der Waals surface area contributed by atoms with Crippen molar-refractivity contribution in [2.24, 2.45) is 7.05 Å². The van der Waals surface area contributed by atoms with Gasteiger partial charge in [-0.2, -0.15) is 0 Å². The topological polar surface area (TPSA) is 13.1 Å². The van der Waals surface area contributed by atoms with E-state index in [4.69, 9.17) is 4.74 Å². The van der Waals surface area contributed by atoms with Crippen LogP contribution in [0, 0.1) is 0 Å². The Hall–Kier alpha value is -1.88. The molecule has 3 heteroatoms. The minimum atomic E-state index is 0. The van der Waals surface area contributed by atoms with Gasteiger partial charge in [0, 0.05) is 12.1 Å². The lowest BCUT2D eigenvalue weighted by Crippen LogP contribution is -3.00. The highest BCUT2D eigenvalue weighted by atomic mass is 127. The van der Waals surface area contributed by atoms with Crippen molar-refractivity contribution < 1.29 is 33.3 Å². The highest BCUT2D eigenvalue weighted by Gasteiger charge is 2.01. The maximum atomic E-state index is 5.78. The standard InChI is InChI=1S/C18H16NO.HI/c1-19-13-11-16(12-14-19)15-7-9-18(10-8-15)20-17-5-3-2-4-6-17;/h2-14H,1H3;1H/q+1;/p-1. The van der Waals surface area contributed by atoms with Gasteiger partial charge in [-0.1, -0.05) is 30.3 Å². The average molecular weight is 389 g/mol. The summed E-state index contributed by atoms with van der Waals surface area (Å²) in [5.74, 6) is 1.70. The first-order chi connectivity index (χ1) is 9.81. The van der Waals surface area contributed by atoms with Crippen molar-refractivity contribution in [1.29, 1.82) is 0 Å². The Labute approximate surface area is 142 Å². The van der Waals surface area contributed by atoms with Crippen molar-refractivity contribution in [3.63, 3.8) is 0 Å². The summed E-state index contributed by atoms with van der Waals surface area (Å²) in [6.07, 6.45) is 4.09. The number of halogens is 1. The smallest absolute Gasteiger partial charge is 0.169 e. The fourth-order valence-electron chi connectivity index (χ4n) is 2.03. The monoisotopic (exact) mass is 389 g/mol. The Bertz CT molecular complexity index is 679. The van der Waals surface area contributed by atoms with Crippen molar-refractivity contribution in [1.82, 2.24) is 0 Å². The highest BCUT2D eigenvalue weighted by Crippen LogP contribution is 2.25. The number of pyridine rings is 1. The van der Waals surface area contributed by atoms with E-state index in [2.05, 4.69) is 24.3 Å². The third kappa shape index (κ3) is 4.04. The van der Waals surface area contributed by atoms with Crippen molar-refractivity contribution in [3.8, 4) is 22.6 Å². The zero-order valence-corrected chi connectivity index (χ0v) is 13.9. The van der Waals surface area contributed by atoms with Crippen LogP contribution in [0.3, 0.4) is 0 Å². The molecule has 3 rings (SSSR count). The summed E-state index contributed by atoms with van der Waals surface area (Å²) >= 11 is 0. The fourth-order valence-corrected chi connectivity index (χ4v) is 2.03. The van der Waals surface area contributed by atoms with Gasteiger partial charge in [0.15, 0.2) is 12.4 Å². The first-order valence-corrected chi connectivity index (χ1v) is 6.60. The van der Waals surface area contributed by atoms with E-state index in [-0.39, 0.29) is 24.0 Å². The minimum Gasteiger partial charge on any atom is -1.00 e. The maximum Gasteiger partial charge on any atom is 0.169 e. The molecule has 0 saturated carbocycles. The lowest BCUT2D eigenvalue weighted by molar-refractivity contribution is -0.671. The number of aryl methyl sites for hydroxylation is 1. The van der Waals surface area contributed by atoms with E-state index >= 15 is 0 Å². The Balaban J connectivity index is 0.00000161. The zero-order valence-electron chi connectivity index (χ0n) is 11.7. The summed E-state index contributed by atoms with van der Waals surface area (Å²) in [6.45, 7) is 0. The molecule has 2 aromatic carbocycles. The van der Waals surface area contributed by atoms with Crippen LogP contribution in [0.15, 0.2) is 79.1 Å². The number of benzene rings is 2. The second-order valence-electron chi connectivity index (χ2n) is 4.69. The molecular formula is C18H16INO. The van der Waals surface area contributed by atoms with E-state index in [9.17, 15) is 0 Å². The van der Waals surface area contributed by atoms with Crippen molar-refractivity contribution >= 4 is 0 Å². The normalized spacial score (nSPS) is 9.76. The fraction of sp³-hybridized carbons (Fsp3) is 0.0556. The number of aromatic nitrogens is 1. The molecule has 2 nitrogen and oxygen atoms in total. The number of nitrogens with zero attached hydrogens (tertiary/aromatic N) is 1. The second kappa shape index (κ2) is 7.22. The molecule has 0 saturated heterocycles.